The number of benzene rings is 1. The number of H-pyrrole nitrogens is 1. The molecule has 4 heteroatoms. The highest BCUT2D eigenvalue weighted by atomic mass is 32.1. The maximum absolute atomic E-state index is 4.06. The summed E-state index contributed by atoms with van der Waals surface area (Å²) in [6.45, 7) is 4.00. The van der Waals surface area contributed by atoms with Crippen molar-refractivity contribution in [2.45, 2.75) is 13.8 Å². The molecular formula is C12H15N3S. The molecule has 0 amide bonds. The average Bonchev–Trinajstić information content (AvgIpc) is 3.06. The van der Waals surface area contributed by atoms with Crippen molar-refractivity contribution in [3.63, 3.8) is 0 Å². The van der Waals surface area contributed by atoms with Crippen LogP contribution in [-0.4, -0.2) is 14.3 Å². The predicted molar refractivity (Wildman–Crippen MR) is 69.6 cm³/mol. The van der Waals surface area contributed by atoms with Crippen LogP contribution in [0.3, 0.4) is 0 Å². The molecule has 0 aliphatic rings. The molecule has 16 heavy (non-hydrogen) atoms. The van der Waals surface area contributed by atoms with Crippen molar-refractivity contribution in [1.29, 1.82) is 0 Å². The molecule has 0 fully saturated rings. The minimum atomic E-state index is 1.03. The number of hydrogen-bond donors (Lipinski definition) is 1. The fourth-order valence-corrected chi connectivity index (χ4v) is 1.41. The number of aromatic nitrogens is 3. The van der Waals surface area contributed by atoms with Crippen molar-refractivity contribution >= 4 is 22.6 Å². The van der Waals surface area contributed by atoms with E-state index in [1.807, 2.05) is 49.6 Å². The smallest absolute Gasteiger partial charge is 0.0931 e. The molecule has 3 aromatic rings. The summed E-state index contributed by atoms with van der Waals surface area (Å²) in [7, 11) is 0. The maximum Gasteiger partial charge on any atom is 0.0931 e. The third-order valence-corrected chi connectivity index (χ3v) is 2.20. The van der Waals surface area contributed by atoms with Gasteiger partial charge in [-0.1, -0.05) is 26.0 Å². The Kier molecular flexibility index (Phi) is 5.88. The molecule has 1 N–H and O–H groups in total. The second kappa shape index (κ2) is 7.59. The molecule has 2 heterocycles. The Morgan fingerprint density at radius 2 is 1.94 bits per heavy atom. The third kappa shape index (κ3) is 3.82. The van der Waals surface area contributed by atoms with Crippen LogP contribution in [0, 0.1) is 0 Å². The molecule has 3 nitrogen and oxygen atoms in total. The first-order valence-corrected chi connectivity index (χ1v) is 6.03. The Hall–Kier alpha value is -1.68. The van der Waals surface area contributed by atoms with Crippen molar-refractivity contribution in [3.05, 3.63) is 48.2 Å². The first-order chi connectivity index (χ1) is 7.97. The van der Waals surface area contributed by atoms with Crippen LogP contribution < -0.4 is 0 Å². The van der Waals surface area contributed by atoms with Crippen molar-refractivity contribution in [2.75, 3.05) is 0 Å². The normalized spacial score (nSPS) is 8.62. The predicted octanol–water partition coefficient (Wildman–Crippen LogP) is 3.73. The van der Waals surface area contributed by atoms with Crippen LogP contribution in [0.4, 0.5) is 0 Å². The van der Waals surface area contributed by atoms with Gasteiger partial charge in [-0.2, -0.15) is 0 Å². The van der Waals surface area contributed by atoms with Crippen LogP contribution in [0.5, 0.6) is 0 Å². The van der Waals surface area contributed by atoms with E-state index in [2.05, 4.69) is 14.3 Å². The molecule has 1 aromatic carbocycles. The number of rotatable bonds is 0. The van der Waals surface area contributed by atoms with E-state index in [1.54, 1.807) is 12.5 Å². The van der Waals surface area contributed by atoms with Gasteiger partial charge in [0.15, 0.2) is 0 Å². The Labute approximate surface area is 99.3 Å². The zero-order valence-corrected chi connectivity index (χ0v) is 10.2. The van der Waals surface area contributed by atoms with Gasteiger partial charge in [0.2, 0.25) is 0 Å². The van der Waals surface area contributed by atoms with Crippen molar-refractivity contribution < 1.29 is 0 Å². The molecule has 2 aromatic heterocycles. The average molecular weight is 233 g/mol. The molecule has 0 saturated carbocycles. The highest BCUT2D eigenvalue weighted by Gasteiger charge is 1.88. The van der Waals surface area contributed by atoms with Gasteiger partial charge in [0.1, 0.15) is 0 Å². The van der Waals surface area contributed by atoms with Crippen LogP contribution in [0.1, 0.15) is 13.8 Å². The lowest BCUT2D eigenvalue weighted by atomic mass is 10.3. The van der Waals surface area contributed by atoms with Crippen molar-refractivity contribution in [3.8, 4) is 0 Å². The molecule has 0 spiro atoms. The monoisotopic (exact) mass is 233 g/mol. The second-order valence-corrected chi connectivity index (χ2v) is 3.30. The largest absolute Gasteiger partial charge is 0.345 e. The molecule has 0 bridgehead atoms. The Bertz CT molecular complexity index is 426. The molecule has 3 rings (SSSR count). The van der Waals surface area contributed by atoms with E-state index < -0.39 is 0 Å². The van der Waals surface area contributed by atoms with Gasteiger partial charge in [-0.3, -0.25) is 0 Å². The van der Waals surface area contributed by atoms with Crippen LogP contribution in [0.25, 0.3) is 11.0 Å². The highest BCUT2D eigenvalue weighted by Crippen LogP contribution is 2.05. The zero-order valence-electron chi connectivity index (χ0n) is 9.42. The van der Waals surface area contributed by atoms with Crippen LogP contribution in [0.2, 0.25) is 0 Å². The Morgan fingerprint density at radius 1 is 1.12 bits per heavy atom. The SMILES string of the molecule is CC.c1ccc2[nH]cnc2c1.c1cnsc1. The van der Waals surface area contributed by atoms with E-state index in [0.29, 0.717) is 0 Å². The Balaban J connectivity index is 0.000000156. The number of hydrogen-bond acceptors (Lipinski definition) is 3. The van der Waals surface area contributed by atoms with Crippen LogP contribution >= 0.6 is 11.5 Å². The summed E-state index contributed by atoms with van der Waals surface area (Å²) < 4.78 is 3.76. The summed E-state index contributed by atoms with van der Waals surface area (Å²) >= 11 is 1.46. The maximum atomic E-state index is 4.06. The molecule has 0 aliphatic carbocycles. The minimum Gasteiger partial charge on any atom is -0.345 e. The summed E-state index contributed by atoms with van der Waals surface area (Å²) in [6, 6.07) is 9.85. The van der Waals surface area contributed by atoms with Gasteiger partial charge in [-0.25, -0.2) is 9.36 Å². The summed E-state index contributed by atoms with van der Waals surface area (Å²) in [6.07, 6.45) is 3.47. The van der Waals surface area contributed by atoms with E-state index in [4.69, 9.17) is 0 Å². The summed E-state index contributed by atoms with van der Waals surface area (Å²) in [5.74, 6) is 0. The Morgan fingerprint density at radius 3 is 2.50 bits per heavy atom. The number of fused-ring (bicyclic) bond motifs is 1. The molecule has 0 aliphatic heterocycles. The third-order valence-electron chi connectivity index (χ3n) is 1.67. The van der Waals surface area contributed by atoms with Gasteiger partial charge >= 0.3 is 0 Å². The van der Waals surface area contributed by atoms with E-state index in [0.717, 1.165) is 11.0 Å². The summed E-state index contributed by atoms with van der Waals surface area (Å²) in [5.41, 5.74) is 2.12. The second-order valence-electron chi connectivity index (χ2n) is 2.61. The molecule has 0 unspecified atom stereocenters. The van der Waals surface area contributed by atoms with E-state index in [9.17, 15) is 0 Å². The summed E-state index contributed by atoms with van der Waals surface area (Å²) in [4.78, 5) is 7.07. The highest BCUT2D eigenvalue weighted by molar-refractivity contribution is 7.03. The van der Waals surface area contributed by atoms with Gasteiger partial charge in [0.25, 0.3) is 0 Å². The lowest BCUT2D eigenvalue weighted by Crippen LogP contribution is -1.63. The molecule has 0 radical (unpaired) electrons. The first kappa shape index (κ1) is 12.4. The van der Waals surface area contributed by atoms with Crippen molar-refractivity contribution in [2.24, 2.45) is 0 Å². The molecule has 84 valence electrons. The van der Waals surface area contributed by atoms with E-state index >= 15 is 0 Å². The zero-order chi connectivity index (χ0) is 11.6. The molecule has 0 atom stereocenters. The number of aromatic amines is 1. The van der Waals surface area contributed by atoms with Crippen molar-refractivity contribution in [1.82, 2.24) is 14.3 Å². The van der Waals surface area contributed by atoms with Gasteiger partial charge < -0.3 is 4.98 Å². The summed E-state index contributed by atoms with van der Waals surface area (Å²) in [5, 5.41) is 1.93. The quantitative estimate of drug-likeness (QED) is 0.642. The lowest BCUT2D eigenvalue weighted by molar-refractivity contribution is 1.34. The van der Waals surface area contributed by atoms with Crippen LogP contribution in [0.15, 0.2) is 48.2 Å². The molecular weight excluding hydrogens is 218 g/mol. The lowest BCUT2D eigenvalue weighted by Gasteiger charge is -1.81. The van der Waals surface area contributed by atoms with E-state index in [-0.39, 0.29) is 0 Å². The molecule has 0 saturated heterocycles. The number of nitrogens with zero attached hydrogens (tertiary/aromatic N) is 2. The van der Waals surface area contributed by atoms with Gasteiger partial charge in [-0.15, -0.1) is 0 Å². The first-order valence-electron chi connectivity index (χ1n) is 5.19. The fourth-order valence-electron chi connectivity index (χ4n) is 1.06. The topological polar surface area (TPSA) is 41.6 Å². The number of para-hydroxylation sites is 2. The van der Waals surface area contributed by atoms with Gasteiger partial charge in [-0.05, 0) is 29.7 Å². The minimum absolute atomic E-state index is 1.03. The van der Waals surface area contributed by atoms with E-state index in [1.165, 1.54) is 11.5 Å². The van der Waals surface area contributed by atoms with Gasteiger partial charge in [0.05, 0.1) is 17.4 Å². The fraction of sp³-hybridized carbons (Fsp3) is 0.167. The van der Waals surface area contributed by atoms with Gasteiger partial charge in [0, 0.05) is 11.6 Å². The standard InChI is InChI=1S/C7H6N2.C3H3NS.C2H6/c1-2-4-7-6(3-1)8-5-9-7;1-2-4-5-3-1;1-2/h1-5H,(H,8,9);1-3H;1-2H3. The number of imidazole rings is 1. The number of nitrogens with one attached hydrogen (secondary N) is 1. The van der Waals surface area contributed by atoms with Crippen LogP contribution in [-0.2, 0) is 0 Å².